The fourth-order valence-corrected chi connectivity index (χ4v) is 4.93. The average Bonchev–Trinajstić information content (AvgIpc) is 3.06. The molecule has 2 heterocycles. The van der Waals surface area contributed by atoms with E-state index in [9.17, 15) is 14.9 Å². The number of nitro groups is 1. The summed E-state index contributed by atoms with van der Waals surface area (Å²) in [5.74, 6) is 0.527. The zero-order valence-corrected chi connectivity index (χ0v) is 15.6. The van der Waals surface area contributed by atoms with Gasteiger partial charge in [0, 0.05) is 33.3 Å². The fraction of sp³-hybridized carbons (Fsp3) is 0.0455. The maximum Gasteiger partial charge on any atom is 0.278 e. The van der Waals surface area contributed by atoms with Gasteiger partial charge in [0.05, 0.1) is 20.4 Å². The molecule has 3 aromatic carbocycles. The predicted octanol–water partition coefficient (Wildman–Crippen LogP) is 6.04. The SMILES string of the molecule is Cc1cc(=O)c2cccc(-c3ccc([N+](=O)[O-])c4c3sc3ccccc34)c2o1. The molecule has 0 amide bonds. The van der Waals surface area contributed by atoms with Gasteiger partial charge in [-0.05, 0) is 25.1 Å². The number of non-ortho nitro benzene ring substituents is 1. The van der Waals surface area contributed by atoms with Crippen LogP contribution >= 0.6 is 11.3 Å². The van der Waals surface area contributed by atoms with Gasteiger partial charge in [0.1, 0.15) is 11.3 Å². The van der Waals surface area contributed by atoms with Crippen LogP contribution in [0.4, 0.5) is 5.69 Å². The molecule has 28 heavy (non-hydrogen) atoms. The van der Waals surface area contributed by atoms with E-state index >= 15 is 0 Å². The molecule has 0 aliphatic rings. The maximum atomic E-state index is 12.4. The van der Waals surface area contributed by atoms with Crippen LogP contribution in [-0.4, -0.2) is 4.92 Å². The summed E-state index contributed by atoms with van der Waals surface area (Å²) < 4.78 is 7.69. The van der Waals surface area contributed by atoms with Gasteiger partial charge in [-0.1, -0.05) is 30.3 Å². The minimum absolute atomic E-state index is 0.0778. The number of fused-ring (bicyclic) bond motifs is 4. The summed E-state index contributed by atoms with van der Waals surface area (Å²) in [6.45, 7) is 1.74. The summed E-state index contributed by atoms with van der Waals surface area (Å²) in [5, 5.41) is 13.6. The summed E-state index contributed by atoms with van der Waals surface area (Å²) in [6.07, 6.45) is 0. The summed E-state index contributed by atoms with van der Waals surface area (Å²) in [4.78, 5) is 23.7. The van der Waals surface area contributed by atoms with E-state index in [1.165, 1.54) is 23.5 Å². The number of benzene rings is 3. The Kier molecular flexibility index (Phi) is 3.57. The molecule has 0 aliphatic heterocycles. The quantitative estimate of drug-likeness (QED) is 0.273. The van der Waals surface area contributed by atoms with Crippen molar-refractivity contribution in [3.8, 4) is 11.1 Å². The van der Waals surface area contributed by atoms with Crippen LogP contribution in [0, 0.1) is 17.0 Å². The van der Waals surface area contributed by atoms with Gasteiger partial charge in [0.2, 0.25) is 0 Å². The molecule has 0 aliphatic carbocycles. The highest BCUT2D eigenvalue weighted by molar-refractivity contribution is 7.26. The standard InChI is InChI=1S/C22H13NO4S/c1-12-11-18(24)15-7-4-6-13(21(15)27-12)14-9-10-17(23(25)26)20-16-5-2-3-8-19(16)28-22(14)20/h2-11H,1H3. The van der Waals surface area contributed by atoms with Crippen LogP contribution in [0.25, 0.3) is 42.3 Å². The molecule has 5 rings (SSSR count). The molecule has 0 unspecified atom stereocenters. The number of nitrogens with zero attached hydrogens (tertiary/aromatic N) is 1. The van der Waals surface area contributed by atoms with E-state index in [1.807, 2.05) is 36.4 Å². The van der Waals surface area contributed by atoms with Crippen LogP contribution in [0.2, 0.25) is 0 Å². The highest BCUT2D eigenvalue weighted by Gasteiger charge is 2.22. The van der Waals surface area contributed by atoms with Crippen molar-refractivity contribution in [2.24, 2.45) is 0 Å². The van der Waals surface area contributed by atoms with Crippen LogP contribution in [0.3, 0.4) is 0 Å². The molecule has 0 spiro atoms. The van der Waals surface area contributed by atoms with Crippen LogP contribution in [-0.2, 0) is 0 Å². The molecule has 5 nitrogen and oxygen atoms in total. The third-order valence-electron chi connectivity index (χ3n) is 4.87. The number of thiophene rings is 1. The normalized spacial score (nSPS) is 11.5. The van der Waals surface area contributed by atoms with Crippen molar-refractivity contribution >= 4 is 48.2 Å². The van der Waals surface area contributed by atoms with Crippen molar-refractivity contribution in [1.29, 1.82) is 0 Å². The second-order valence-corrected chi connectivity index (χ2v) is 7.65. The zero-order valence-electron chi connectivity index (χ0n) is 14.8. The molecule has 2 aromatic heterocycles. The van der Waals surface area contributed by atoms with Crippen molar-refractivity contribution in [1.82, 2.24) is 0 Å². The monoisotopic (exact) mass is 387 g/mol. The third kappa shape index (κ3) is 2.35. The van der Waals surface area contributed by atoms with Crippen LogP contribution in [0.1, 0.15) is 5.76 Å². The predicted molar refractivity (Wildman–Crippen MR) is 112 cm³/mol. The van der Waals surface area contributed by atoms with E-state index in [-0.39, 0.29) is 16.0 Å². The highest BCUT2D eigenvalue weighted by atomic mass is 32.1. The molecule has 0 fully saturated rings. The Balaban J connectivity index is 1.97. The van der Waals surface area contributed by atoms with E-state index in [0.717, 1.165) is 25.9 Å². The highest BCUT2D eigenvalue weighted by Crippen LogP contribution is 2.45. The maximum absolute atomic E-state index is 12.4. The Morgan fingerprint density at radius 2 is 1.75 bits per heavy atom. The third-order valence-corrected chi connectivity index (χ3v) is 6.07. The largest absolute Gasteiger partial charge is 0.460 e. The van der Waals surface area contributed by atoms with Gasteiger partial charge in [0.15, 0.2) is 5.43 Å². The van der Waals surface area contributed by atoms with Gasteiger partial charge in [-0.2, -0.15) is 0 Å². The lowest BCUT2D eigenvalue weighted by atomic mass is 9.99. The van der Waals surface area contributed by atoms with Gasteiger partial charge in [0.25, 0.3) is 5.69 Å². The Morgan fingerprint density at radius 1 is 0.964 bits per heavy atom. The van der Waals surface area contributed by atoms with Crippen LogP contribution in [0.5, 0.6) is 0 Å². The molecule has 0 saturated heterocycles. The molecule has 0 atom stereocenters. The first kappa shape index (κ1) is 16.6. The Bertz CT molecular complexity index is 1480. The van der Waals surface area contributed by atoms with Gasteiger partial charge >= 0.3 is 0 Å². The van der Waals surface area contributed by atoms with Crippen LogP contribution in [0.15, 0.2) is 69.9 Å². The zero-order chi connectivity index (χ0) is 19.4. The lowest BCUT2D eigenvalue weighted by Crippen LogP contribution is -2.01. The number of aryl methyl sites for hydroxylation is 1. The van der Waals surface area contributed by atoms with E-state index in [1.54, 1.807) is 19.1 Å². The number of hydrogen-bond acceptors (Lipinski definition) is 5. The van der Waals surface area contributed by atoms with E-state index in [4.69, 9.17) is 4.42 Å². The van der Waals surface area contributed by atoms with Gasteiger partial charge in [-0.25, -0.2) is 0 Å². The molecule has 5 aromatic rings. The van der Waals surface area contributed by atoms with Crippen molar-refractivity contribution in [2.45, 2.75) is 6.92 Å². The lowest BCUT2D eigenvalue weighted by molar-refractivity contribution is -0.383. The second kappa shape index (κ2) is 6.00. The number of para-hydroxylation sites is 1. The lowest BCUT2D eigenvalue weighted by Gasteiger charge is -2.08. The summed E-state index contributed by atoms with van der Waals surface area (Å²) >= 11 is 1.51. The Morgan fingerprint density at radius 3 is 2.57 bits per heavy atom. The smallest absolute Gasteiger partial charge is 0.278 e. The molecular formula is C22H13NO4S. The average molecular weight is 387 g/mol. The van der Waals surface area contributed by atoms with Gasteiger partial charge < -0.3 is 4.42 Å². The topological polar surface area (TPSA) is 73.3 Å². The summed E-state index contributed by atoms with van der Waals surface area (Å²) in [7, 11) is 0. The molecule has 136 valence electrons. The van der Waals surface area contributed by atoms with Crippen molar-refractivity contribution < 1.29 is 9.34 Å². The van der Waals surface area contributed by atoms with Gasteiger partial charge in [-0.15, -0.1) is 11.3 Å². The first-order valence-corrected chi connectivity index (χ1v) is 9.49. The first-order valence-electron chi connectivity index (χ1n) is 8.67. The number of hydrogen-bond donors (Lipinski definition) is 0. The van der Waals surface area contributed by atoms with Crippen molar-refractivity contribution in [2.75, 3.05) is 0 Å². The Hall–Kier alpha value is -3.51. The molecule has 0 N–H and O–H groups in total. The van der Waals surface area contributed by atoms with Crippen molar-refractivity contribution in [3.63, 3.8) is 0 Å². The van der Waals surface area contributed by atoms with Crippen molar-refractivity contribution in [3.05, 3.63) is 86.8 Å². The minimum atomic E-state index is -0.349. The van der Waals surface area contributed by atoms with E-state index in [0.29, 0.717) is 22.1 Å². The molecule has 6 heteroatoms. The first-order chi connectivity index (χ1) is 13.5. The van der Waals surface area contributed by atoms with Gasteiger partial charge in [-0.3, -0.25) is 14.9 Å². The Labute approximate surface area is 162 Å². The fourth-order valence-electron chi connectivity index (χ4n) is 3.68. The minimum Gasteiger partial charge on any atom is -0.460 e. The van der Waals surface area contributed by atoms with E-state index < -0.39 is 0 Å². The molecule has 0 radical (unpaired) electrons. The van der Waals surface area contributed by atoms with Crippen LogP contribution < -0.4 is 5.43 Å². The van der Waals surface area contributed by atoms with E-state index in [2.05, 4.69) is 0 Å². The number of rotatable bonds is 2. The summed E-state index contributed by atoms with van der Waals surface area (Å²) in [5.41, 5.74) is 2.05. The second-order valence-electron chi connectivity index (χ2n) is 6.60. The summed E-state index contributed by atoms with van der Waals surface area (Å²) in [6, 6.07) is 17.8. The molecule has 0 saturated carbocycles. The molecule has 0 bridgehead atoms. The number of nitro benzene ring substituents is 1. The molecular weight excluding hydrogens is 374 g/mol.